The molecule has 1 aromatic heterocycles. The molecule has 0 atom stereocenters. The summed E-state index contributed by atoms with van der Waals surface area (Å²) in [6.07, 6.45) is 3.70. The van der Waals surface area contributed by atoms with Crippen molar-refractivity contribution >= 4 is 16.7 Å². The second kappa shape index (κ2) is 5.73. The van der Waals surface area contributed by atoms with Crippen LogP contribution in [0, 0.1) is 0 Å². The van der Waals surface area contributed by atoms with Gasteiger partial charge in [0.15, 0.2) is 0 Å². The molecule has 0 spiro atoms. The summed E-state index contributed by atoms with van der Waals surface area (Å²) in [4.78, 5) is 7.08. The van der Waals surface area contributed by atoms with Gasteiger partial charge in [0, 0.05) is 43.6 Å². The summed E-state index contributed by atoms with van der Waals surface area (Å²) >= 11 is 1.50. The topological polar surface area (TPSA) is 41.0 Å². The highest BCUT2D eigenvalue weighted by Crippen LogP contribution is 2.39. The molecule has 1 aliphatic carbocycles. The molecule has 0 radical (unpaired) electrons. The number of hydrogen-bond acceptors (Lipinski definition) is 5. The second-order valence-corrected chi connectivity index (χ2v) is 6.71. The minimum Gasteiger partial charge on any atom is -0.359 e. The number of fused-ring (bicyclic) bond motifs is 1. The molecule has 0 amide bonds. The van der Waals surface area contributed by atoms with Crippen LogP contribution >= 0.6 is 11.5 Å². The number of aromatic nitrogens is 2. The molecule has 110 valence electrons. The zero-order valence-corrected chi connectivity index (χ0v) is 12.9. The van der Waals surface area contributed by atoms with Crippen molar-refractivity contribution in [3.05, 3.63) is 41.2 Å². The van der Waals surface area contributed by atoms with Crippen LogP contribution in [0.1, 0.15) is 35.7 Å². The first-order valence-electron chi connectivity index (χ1n) is 7.75. The Morgan fingerprint density at radius 3 is 2.95 bits per heavy atom. The van der Waals surface area contributed by atoms with Gasteiger partial charge in [0.05, 0.1) is 0 Å². The molecule has 1 aliphatic heterocycles. The Labute approximate surface area is 129 Å². The Morgan fingerprint density at radius 2 is 2.10 bits per heavy atom. The first-order chi connectivity index (χ1) is 10.4. The van der Waals surface area contributed by atoms with Gasteiger partial charge in [0.1, 0.15) is 5.82 Å². The van der Waals surface area contributed by atoms with Crippen LogP contribution in [0.15, 0.2) is 24.3 Å². The Kier molecular flexibility index (Phi) is 3.61. The van der Waals surface area contributed by atoms with E-state index in [9.17, 15) is 0 Å². The Balaban J connectivity index is 1.27. The van der Waals surface area contributed by atoms with Crippen LogP contribution in [0.5, 0.6) is 0 Å². The first kappa shape index (κ1) is 13.2. The van der Waals surface area contributed by atoms with Gasteiger partial charge in [0.25, 0.3) is 0 Å². The third kappa shape index (κ3) is 3.09. The van der Waals surface area contributed by atoms with Gasteiger partial charge in [-0.25, -0.2) is 4.98 Å². The summed E-state index contributed by atoms with van der Waals surface area (Å²) in [5.41, 5.74) is 3.00. The zero-order valence-electron chi connectivity index (χ0n) is 12.1. The van der Waals surface area contributed by atoms with Crippen molar-refractivity contribution in [3.8, 4) is 0 Å². The molecule has 21 heavy (non-hydrogen) atoms. The van der Waals surface area contributed by atoms with Crippen molar-refractivity contribution in [1.29, 1.82) is 0 Å². The van der Waals surface area contributed by atoms with E-state index in [0.717, 1.165) is 37.1 Å². The highest BCUT2D eigenvalue weighted by atomic mass is 32.1. The summed E-state index contributed by atoms with van der Waals surface area (Å²) < 4.78 is 4.43. The molecule has 0 saturated heterocycles. The lowest BCUT2D eigenvalue weighted by atomic mass is 10.00. The van der Waals surface area contributed by atoms with Crippen LogP contribution in [0.4, 0.5) is 5.13 Å². The van der Waals surface area contributed by atoms with E-state index in [1.54, 1.807) is 0 Å². The number of anilines is 1. The Morgan fingerprint density at radius 1 is 1.24 bits per heavy atom. The van der Waals surface area contributed by atoms with Gasteiger partial charge in [-0.3, -0.25) is 4.90 Å². The number of benzene rings is 1. The SMILES string of the molecule is c1ccc2c(c1)CCN(CCNc1nc(C3CC3)ns1)C2. The molecular formula is C16H20N4S. The van der Waals surface area contributed by atoms with Crippen LogP contribution < -0.4 is 5.32 Å². The minimum atomic E-state index is 0.649. The van der Waals surface area contributed by atoms with Gasteiger partial charge in [-0.05, 0) is 30.4 Å². The molecule has 2 aromatic rings. The van der Waals surface area contributed by atoms with Crippen molar-refractivity contribution < 1.29 is 0 Å². The minimum absolute atomic E-state index is 0.649. The van der Waals surface area contributed by atoms with Crippen LogP contribution in [-0.4, -0.2) is 33.9 Å². The molecule has 1 aromatic carbocycles. The van der Waals surface area contributed by atoms with Gasteiger partial charge < -0.3 is 5.32 Å². The summed E-state index contributed by atoms with van der Waals surface area (Å²) in [5.74, 6) is 1.70. The maximum absolute atomic E-state index is 4.57. The van der Waals surface area contributed by atoms with Crippen molar-refractivity contribution in [2.45, 2.75) is 31.7 Å². The summed E-state index contributed by atoms with van der Waals surface area (Å²) in [6, 6.07) is 8.79. The van der Waals surface area contributed by atoms with Crippen LogP contribution in [0.2, 0.25) is 0 Å². The largest absolute Gasteiger partial charge is 0.359 e. The third-order valence-electron chi connectivity index (χ3n) is 4.30. The molecule has 2 heterocycles. The lowest BCUT2D eigenvalue weighted by Crippen LogP contribution is -2.34. The predicted octanol–water partition coefficient (Wildman–Crippen LogP) is 2.89. The zero-order chi connectivity index (χ0) is 14.1. The second-order valence-electron chi connectivity index (χ2n) is 5.95. The summed E-state index contributed by atoms with van der Waals surface area (Å²) in [6.45, 7) is 4.23. The fourth-order valence-electron chi connectivity index (χ4n) is 2.88. The van der Waals surface area contributed by atoms with Gasteiger partial charge in [-0.15, -0.1) is 0 Å². The van der Waals surface area contributed by atoms with E-state index < -0.39 is 0 Å². The highest BCUT2D eigenvalue weighted by molar-refractivity contribution is 7.09. The molecule has 0 unspecified atom stereocenters. The molecular weight excluding hydrogens is 280 g/mol. The molecule has 5 heteroatoms. The smallest absolute Gasteiger partial charge is 0.202 e. The monoisotopic (exact) mass is 300 g/mol. The van der Waals surface area contributed by atoms with Gasteiger partial charge >= 0.3 is 0 Å². The van der Waals surface area contributed by atoms with Crippen molar-refractivity contribution in [3.63, 3.8) is 0 Å². The van der Waals surface area contributed by atoms with Crippen LogP contribution in [0.25, 0.3) is 0 Å². The fraction of sp³-hybridized carbons (Fsp3) is 0.500. The fourth-order valence-corrected chi connectivity index (χ4v) is 3.55. The normalized spacial score (nSPS) is 18.5. The lowest BCUT2D eigenvalue weighted by Gasteiger charge is -2.28. The van der Waals surface area contributed by atoms with E-state index in [1.165, 1.54) is 41.9 Å². The highest BCUT2D eigenvalue weighted by Gasteiger charge is 2.27. The third-order valence-corrected chi connectivity index (χ3v) is 4.99. The molecule has 4 rings (SSSR count). The van der Waals surface area contributed by atoms with Crippen LogP contribution in [0.3, 0.4) is 0 Å². The number of nitrogens with one attached hydrogen (secondary N) is 1. The molecule has 1 N–H and O–H groups in total. The van der Waals surface area contributed by atoms with E-state index in [2.05, 4.69) is 43.8 Å². The van der Waals surface area contributed by atoms with E-state index in [1.807, 2.05) is 0 Å². The van der Waals surface area contributed by atoms with Crippen molar-refractivity contribution in [2.24, 2.45) is 0 Å². The van der Waals surface area contributed by atoms with Crippen molar-refractivity contribution in [2.75, 3.05) is 25.0 Å². The van der Waals surface area contributed by atoms with Gasteiger partial charge in [-0.1, -0.05) is 24.3 Å². The maximum Gasteiger partial charge on any atom is 0.202 e. The number of rotatable bonds is 5. The molecule has 1 saturated carbocycles. The Bertz CT molecular complexity index is 620. The standard InChI is InChI=1S/C16H20N4S/c1-2-4-14-11-20(9-7-12(14)3-1)10-8-17-16-18-15(19-21-16)13-5-6-13/h1-4,13H,5-11H2,(H,17,18,19). The molecule has 4 nitrogen and oxygen atoms in total. The number of nitrogens with zero attached hydrogens (tertiary/aromatic N) is 3. The average Bonchev–Trinajstić information content (AvgIpc) is 3.27. The predicted molar refractivity (Wildman–Crippen MR) is 85.8 cm³/mol. The number of hydrogen-bond donors (Lipinski definition) is 1. The van der Waals surface area contributed by atoms with E-state index in [4.69, 9.17) is 0 Å². The van der Waals surface area contributed by atoms with Crippen molar-refractivity contribution in [1.82, 2.24) is 14.3 Å². The maximum atomic E-state index is 4.57. The Hall–Kier alpha value is -1.46. The molecule has 2 aliphatic rings. The summed E-state index contributed by atoms with van der Waals surface area (Å²) in [5, 5.41) is 4.40. The van der Waals surface area contributed by atoms with E-state index in [0.29, 0.717) is 5.92 Å². The van der Waals surface area contributed by atoms with E-state index in [-0.39, 0.29) is 0 Å². The molecule has 0 bridgehead atoms. The van der Waals surface area contributed by atoms with Gasteiger partial charge in [0.2, 0.25) is 5.13 Å². The van der Waals surface area contributed by atoms with E-state index >= 15 is 0 Å². The lowest BCUT2D eigenvalue weighted by molar-refractivity contribution is 0.264. The first-order valence-corrected chi connectivity index (χ1v) is 8.52. The average molecular weight is 300 g/mol. The van der Waals surface area contributed by atoms with Gasteiger partial charge in [-0.2, -0.15) is 4.37 Å². The van der Waals surface area contributed by atoms with Crippen LogP contribution in [-0.2, 0) is 13.0 Å². The summed E-state index contributed by atoms with van der Waals surface area (Å²) in [7, 11) is 0. The quantitative estimate of drug-likeness (QED) is 0.922. The molecule has 1 fully saturated rings.